The van der Waals surface area contributed by atoms with Crippen LogP contribution in [0.1, 0.15) is 17.0 Å². The smallest absolute Gasteiger partial charge is 0.329 e. The Morgan fingerprint density at radius 3 is 2.33 bits per heavy atom. The van der Waals surface area contributed by atoms with Crippen molar-refractivity contribution in [2.24, 2.45) is 0 Å². The van der Waals surface area contributed by atoms with E-state index >= 15 is 0 Å². The van der Waals surface area contributed by atoms with Crippen LogP contribution in [0.2, 0.25) is 0 Å². The van der Waals surface area contributed by atoms with E-state index in [1.54, 1.807) is 24.5 Å². The minimum Gasteiger partial charge on any atom is -0.487 e. The van der Waals surface area contributed by atoms with Gasteiger partial charge in [0.15, 0.2) is 0 Å². The van der Waals surface area contributed by atoms with Gasteiger partial charge < -0.3 is 4.74 Å². The molecule has 1 aromatic carbocycles. The van der Waals surface area contributed by atoms with Crippen molar-refractivity contribution in [1.29, 1.82) is 0 Å². The molecular weight excluding hydrogens is 380 g/mol. The van der Waals surface area contributed by atoms with Gasteiger partial charge in [-0.2, -0.15) is 0 Å². The molecule has 7 heteroatoms. The van der Waals surface area contributed by atoms with E-state index in [1.807, 2.05) is 54.6 Å². The quantitative estimate of drug-likeness (QED) is 0.486. The van der Waals surface area contributed by atoms with Crippen molar-refractivity contribution in [1.82, 2.24) is 20.2 Å². The molecule has 0 unspecified atom stereocenters. The first-order valence-corrected chi connectivity index (χ1v) is 9.54. The van der Waals surface area contributed by atoms with Crippen LogP contribution in [0.3, 0.4) is 0 Å². The summed E-state index contributed by atoms with van der Waals surface area (Å²) >= 11 is 0. The van der Waals surface area contributed by atoms with E-state index in [0.29, 0.717) is 30.2 Å². The van der Waals surface area contributed by atoms with Gasteiger partial charge in [0.2, 0.25) is 0 Å². The molecule has 7 nitrogen and oxygen atoms in total. The third kappa shape index (κ3) is 4.52. The van der Waals surface area contributed by atoms with E-state index in [-0.39, 0.29) is 6.54 Å². The summed E-state index contributed by atoms with van der Waals surface area (Å²) in [6.07, 6.45) is 5.56. The lowest BCUT2D eigenvalue weighted by Crippen LogP contribution is -2.27. The fourth-order valence-electron chi connectivity index (χ4n) is 3.13. The predicted molar refractivity (Wildman–Crippen MR) is 110 cm³/mol. The molecule has 0 saturated carbocycles. The number of aromatic nitrogens is 2. The molecule has 0 aliphatic carbocycles. The van der Waals surface area contributed by atoms with Gasteiger partial charge in [-0.25, -0.2) is 4.79 Å². The van der Waals surface area contributed by atoms with Gasteiger partial charge in [0.25, 0.3) is 5.91 Å². The number of pyridine rings is 2. The number of para-hydroxylation sites is 1. The molecule has 1 aliphatic heterocycles. The Kier molecular flexibility index (Phi) is 5.80. The molecule has 1 N–H and O–H groups in total. The number of urea groups is 1. The zero-order chi connectivity index (χ0) is 20.8. The molecular formula is C23H20N4O3. The van der Waals surface area contributed by atoms with Crippen LogP contribution in [-0.4, -0.2) is 26.8 Å². The predicted octanol–water partition coefficient (Wildman–Crippen LogP) is 3.23. The van der Waals surface area contributed by atoms with Gasteiger partial charge in [-0.1, -0.05) is 36.4 Å². The fraction of sp³-hybridized carbons (Fsp3) is 0.130. The first kappa shape index (κ1) is 19.3. The van der Waals surface area contributed by atoms with E-state index in [0.717, 1.165) is 11.3 Å². The highest BCUT2D eigenvalue weighted by Crippen LogP contribution is 2.22. The van der Waals surface area contributed by atoms with Crippen LogP contribution >= 0.6 is 0 Å². The molecule has 1 aliphatic rings. The number of hydrogen-bond acceptors (Lipinski definition) is 5. The van der Waals surface area contributed by atoms with Crippen molar-refractivity contribution < 1.29 is 14.3 Å². The van der Waals surface area contributed by atoms with E-state index < -0.39 is 11.9 Å². The maximum absolute atomic E-state index is 12.3. The van der Waals surface area contributed by atoms with Gasteiger partial charge in [-0.15, -0.1) is 0 Å². The summed E-state index contributed by atoms with van der Waals surface area (Å²) in [6, 6.07) is 18.3. The largest absolute Gasteiger partial charge is 0.487 e. The normalized spacial score (nSPS) is 14.8. The average Bonchev–Trinajstić information content (AvgIpc) is 3.05. The number of amides is 3. The average molecular weight is 400 g/mol. The lowest BCUT2D eigenvalue weighted by molar-refractivity contribution is -0.116. The second-order valence-electron chi connectivity index (χ2n) is 6.68. The summed E-state index contributed by atoms with van der Waals surface area (Å²) in [7, 11) is 0. The Labute approximate surface area is 174 Å². The molecule has 4 rings (SSSR count). The number of nitrogens with zero attached hydrogens (tertiary/aromatic N) is 3. The molecule has 3 heterocycles. The Hall–Kier alpha value is -4.00. The van der Waals surface area contributed by atoms with Crippen molar-refractivity contribution in [3.63, 3.8) is 0 Å². The Balaban J connectivity index is 1.50. The molecule has 0 spiro atoms. The van der Waals surface area contributed by atoms with Crippen molar-refractivity contribution >= 4 is 11.9 Å². The second-order valence-corrected chi connectivity index (χ2v) is 6.68. The molecule has 0 radical (unpaired) electrons. The van der Waals surface area contributed by atoms with Crippen LogP contribution in [0.15, 0.2) is 84.8 Å². The molecule has 150 valence electrons. The van der Waals surface area contributed by atoms with Gasteiger partial charge in [0, 0.05) is 12.4 Å². The van der Waals surface area contributed by atoms with Gasteiger partial charge >= 0.3 is 6.03 Å². The van der Waals surface area contributed by atoms with Crippen LogP contribution in [0.25, 0.3) is 0 Å². The van der Waals surface area contributed by atoms with Crippen molar-refractivity contribution in [3.05, 3.63) is 102 Å². The number of ether oxygens (including phenoxy) is 1. The maximum Gasteiger partial charge on any atom is 0.329 e. The second kappa shape index (κ2) is 9.00. The molecule has 2 aromatic heterocycles. The summed E-state index contributed by atoms with van der Waals surface area (Å²) in [4.78, 5) is 34.4. The van der Waals surface area contributed by atoms with Crippen molar-refractivity contribution in [2.75, 3.05) is 0 Å². The summed E-state index contributed by atoms with van der Waals surface area (Å²) in [6.45, 7) is 0.571. The summed E-state index contributed by atoms with van der Waals surface area (Å²) in [5.74, 6) is 0.295. The van der Waals surface area contributed by atoms with Gasteiger partial charge in [0.1, 0.15) is 18.1 Å². The van der Waals surface area contributed by atoms with Gasteiger partial charge in [0.05, 0.1) is 17.9 Å². The van der Waals surface area contributed by atoms with E-state index in [9.17, 15) is 9.59 Å². The molecule has 1 fully saturated rings. The van der Waals surface area contributed by atoms with Crippen LogP contribution in [0.5, 0.6) is 5.75 Å². The first-order valence-electron chi connectivity index (χ1n) is 9.54. The highest BCUT2D eigenvalue weighted by molar-refractivity contribution is 6.11. The minimum absolute atomic E-state index is 0.224. The van der Waals surface area contributed by atoms with Crippen molar-refractivity contribution in [3.8, 4) is 5.75 Å². The van der Waals surface area contributed by atoms with Crippen LogP contribution < -0.4 is 10.1 Å². The number of carbonyl (C=O) groups excluding carboxylic acids is 2. The third-order valence-electron chi connectivity index (χ3n) is 4.62. The number of carbonyl (C=O) groups is 2. The Bertz CT molecular complexity index is 1070. The number of nitrogens with one attached hydrogen (secondary N) is 1. The first-order chi connectivity index (χ1) is 14.7. The van der Waals surface area contributed by atoms with E-state index in [4.69, 9.17) is 4.74 Å². The van der Waals surface area contributed by atoms with Gasteiger partial charge in [-0.05, 0) is 42.3 Å². The van der Waals surface area contributed by atoms with Crippen LogP contribution in [0.4, 0.5) is 4.79 Å². The summed E-state index contributed by atoms with van der Waals surface area (Å²) in [5, 5.41) is 2.35. The number of allylic oxidation sites excluding steroid dienone is 1. The Morgan fingerprint density at radius 1 is 0.900 bits per heavy atom. The Morgan fingerprint density at radius 2 is 1.60 bits per heavy atom. The zero-order valence-electron chi connectivity index (χ0n) is 16.2. The number of rotatable bonds is 7. The zero-order valence-corrected chi connectivity index (χ0v) is 16.2. The summed E-state index contributed by atoms with van der Waals surface area (Å²) < 4.78 is 5.93. The lowest BCUT2D eigenvalue weighted by Gasteiger charge is -2.15. The highest BCUT2D eigenvalue weighted by atomic mass is 16.5. The fourth-order valence-corrected chi connectivity index (χ4v) is 3.13. The SMILES string of the molecule is O=C1NC(=O)N(Cc2ccccn2)/C1=C/Cc1ccccc1OCc1ccccn1. The molecule has 30 heavy (non-hydrogen) atoms. The standard InChI is InChI=1S/C23H20N4O3/c28-22-20(27(23(29)26-22)15-18-8-3-5-13-24-18)12-11-17-7-1-2-10-21(17)30-16-19-9-4-6-14-25-19/h1-10,12-14H,11,15-16H2,(H,26,28,29)/b20-12+. The topological polar surface area (TPSA) is 84.4 Å². The van der Waals surface area contributed by atoms with E-state index in [1.165, 1.54) is 4.90 Å². The van der Waals surface area contributed by atoms with E-state index in [2.05, 4.69) is 15.3 Å². The maximum atomic E-state index is 12.3. The minimum atomic E-state index is -0.448. The number of imide groups is 1. The molecule has 0 atom stereocenters. The monoisotopic (exact) mass is 400 g/mol. The lowest BCUT2D eigenvalue weighted by atomic mass is 10.1. The number of hydrogen-bond donors (Lipinski definition) is 1. The molecule has 0 bridgehead atoms. The van der Waals surface area contributed by atoms with Gasteiger partial charge in [-0.3, -0.25) is 25.0 Å². The number of benzene rings is 1. The highest BCUT2D eigenvalue weighted by Gasteiger charge is 2.33. The summed E-state index contributed by atoms with van der Waals surface area (Å²) in [5.41, 5.74) is 2.75. The molecule has 3 amide bonds. The van der Waals surface area contributed by atoms with Crippen molar-refractivity contribution in [2.45, 2.75) is 19.6 Å². The molecule has 1 saturated heterocycles. The molecule has 3 aromatic rings. The third-order valence-corrected chi connectivity index (χ3v) is 4.62. The van der Waals surface area contributed by atoms with Crippen LogP contribution in [-0.2, 0) is 24.4 Å². The van der Waals surface area contributed by atoms with Crippen LogP contribution in [0, 0.1) is 0 Å².